The molecule has 3 nitrogen and oxygen atoms in total. The van der Waals surface area contributed by atoms with Gasteiger partial charge in [-0.15, -0.1) is 0 Å². The van der Waals surface area contributed by atoms with Crippen molar-refractivity contribution in [3.05, 3.63) is 65.2 Å². The molecule has 0 aliphatic carbocycles. The lowest BCUT2D eigenvalue weighted by Crippen LogP contribution is -2.25. The Bertz CT molecular complexity index is 597. The van der Waals surface area contributed by atoms with Crippen LogP contribution in [0.2, 0.25) is 0 Å². The van der Waals surface area contributed by atoms with E-state index in [0.717, 1.165) is 17.7 Å². The zero-order valence-corrected chi connectivity index (χ0v) is 11.6. The summed E-state index contributed by atoms with van der Waals surface area (Å²) in [5.74, 6) is 0.856. The smallest absolute Gasteiger partial charge is 0.119 e. The number of ether oxygens (including phenoxy) is 2. The Kier molecular flexibility index (Phi) is 3.72. The van der Waals surface area contributed by atoms with Gasteiger partial charge in [-0.25, -0.2) is 0 Å². The van der Waals surface area contributed by atoms with Gasteiger partial charge in [-0.05, 0) is 28.8 Å². The van der Waals surface area contributed by atoms with Gasteiger partial charge >= 0.3 is 0 Å². The van der Waals surface area contributed by atoms with E-state index in [4.69, 9.17) is 15.2 Å². The second-order valence-corrected chi connectivity index (χ2v) is 5.03. The molecule has 2 N–H and O–H groups in total. The molecule has 2 atom stereocenters. The Hall–Kier alpha value is -1.84. The van der Waals surface area contributed by atoms with Crippen LogP contribution in [0.3, 0.4) is 0 Å². The molecule has 0 amide bonds. The standard InChI is InChI=1S/C17H19NO2/c1-19-14-7-4-6-13(9-14)16-10-12-5-2-3-8-15(12)17(11-18)20-16/h2-9,16-17H,10-11,18H2,1H3. The molecule has 0 spiro atoms. The van der Waals surface area contributed by atoms with E-state index in [1.807, 2.05) is 24.3 Å². The first-order chi connectivity index (χ1) is 9.81. The highest BCUT2D eigenvalue weighted by Gasteiger charge is 2.27. The second-order valence-electron chi connectivity index (χ2n) is 5.03. The Labute approximate surface area is 119 Å². The van der Waals surface area contributed by atoms with Crippen molar-refractivity contribution in [3.8, 4) is 5.75 Å². The highest BCUT2D eigenvalue weighted by Crippen LogP contribution is 2.37. The SMILES string of the molecule is COc1cccc(C2Cc3ccccc3C(CN)O2)c1. The van der Waals surface area contributed by atoms with Gasteiger partial charge in [0.25, 0.3) is 0 Å². The third-order valence-electron chi connectivity index (χ3n) is 3.82. The number of fused-ring (bicyclic) bond motifs is 1. The molecule has 104 valence electrons. The molecule has 0 fully saturated rings. The Morgan fingerprint density at radius 1 is 1.20 bits per heavy atom. The molecule has 1 heterocycles. The van der Waals surface area contributed by atoms with Crippen LogP contribution in [0.4, 0.5) is 0 Å². The maximum atomic E-state index is 6.17. The number of hydrogen-bond acceptors (Lipinski definition) is 3. The van der Waals surface area contributed by atoms with Crippen LogP contribution in [0.1, 0.15) is 28.9 Å². The molecule has 3 heteroatoms. The summed E-state index contributed by atoms with van der Waals surface area (Å²) in [6.45, 7) is 0.498. The molecule has 0 radical (unpaired) electrons. The van der Waals surface area contributed by atoms with Crippen LogP contribution < -0.4 is 10.5 Å². The van der Waals surface area contributed by atoms with E-state index in [-0.39, 0.29) is 12.2 Å². The van der Waals surface area contributed by atoms with E-state index in [1.165, 1.54) is 11.1 Å². The van der Waals surface area contributed by atoms with Crippen molar-refractivity contribution in [2.24, 2.45) is 5.73 Å². The molecular formula is C17H19NO2. The molecular weight excluding hydrogens is 250 g/mol. The van der Waals surface area contributed by atoms with Gasteiger partial charge < -0.3 is 15.2 Å². The molecule has 0 bridgehead atoms. The minimum Gasteiger partial charge on any atom is -0.497 e. The summed E-state index contributed by atoms with van der Waals surface area (Å²) in [6, 6.07) is 16.4. The second kappa shape index (κ2) is 5.65. The number of benzene rings is 2. The number of rotatable bonds is 3. The molecule has 20 heavy (non-hydrogen) atoms. The van der Waals surface area contributed by atoms with Crippen LogP contribution in [0.15, 0.2) is 48.5 Å². The molecule has 2 aromatic carbocycles. The topological polar surface area (TPSA) is 44.5 Å². The van der Waals surface area contributed by atoms with Gasteiger partial charge in [0.1, 0.15) is 5.75 Å². The molecule has 2 aromatic rings. The van der Waals surface area contributed by atoms with Crippen molar-refractivity contribution < 1.29 is 9.47 Å². The van der Waals surface area contributed by atoms with Crippen molar-refractivity contribution in [3.63, 3.8) is 0 Å². The van der Waals surface area contributed by atoms with Crippen LogP contribution in [-0.4, -0.2) is 13.7 Å². The monoisotopic (exact) mass is 269 g/mol. The van der Waals surface area contributed by atoms with Gasteiger partial charge in [0, 0.05) is 13.0 Å². The van der Waals surface area contributed by atoms with E-state index < -0.39 is 0 Å². The third-order valence-corrected chi connectivity index (χ3v) is 3.82. The fourth-order valence-corrected chi connectivity index (χ4v) is 2.77. The van der Waals surface area contributed by atoms with Gasteiger partial charge in [0.2, 0.25) is 0 Å². The summed E-state index contributed by atoms with van der Waals surface area (Å²) in [6.07, 6.45) is 0.879. The molecule has 3 rings (SSSR count). The summed E-state index contributed by atoms with van der Waals surface area (Å²) in [4.78, 5) is 0. The van der Waals surface area contributed by atoms with Crippen molar-refractivity contribution >= 4 is 0 Å². The molecule has 0 saturated carbocycles. The quantitative estimate of drug-likeness (QED) is 0.931. The number of hydrogen-bond donors (Lipinski definition) is 1. The summed E-state index contributed by atoms with van der Waals surface area (Å²) < 4.78 is 11.5. The minimum atomic E-state index is -0.0313. The average Bonchev–Trinajstić information content (AvgIpc) is 2.53. The highest BCUT2D eigenvalue weighted by atomic mass is 16.5. The van der Waals surface area contributed by atoms with Gasteiger partial charge in [-0.1, -0.05) is 36.4 Å². The van der Waals surface area contributed by atoms with Crippen LogP contribution in [0.5, 0.6) is 5.75 Å². The number of methoxy groups -OCH3 is 1. The lowest BCUT2D eigenvalue weighted by atomic mass is 9.91. The zero-order valence-electron chi connectivity index (χ0n) is 11.6. The summed E-state index contributed by atoms with van der Waals surface area (Å²) in [5, 5.41) is 0. The normalized spacial score (nSPS) is 21.3. The maximum Gasteiger partial charge on any atom is 0.119 e. The van der Waals surface area contributed by atoms with Gasteiger partial charge in [-0.3, -0.25) is 0 Å². The fraction of sp³-hybridized carbons (Fsp3) is 0.294. The fourth-order valence-electron chi connectivity index (χ4n) is 2.77. The van der Waals surface area contributed by atoms with E-state index in [9.17, 15) is 0 Å². The maximum absolute atomic E-state index is 6.17. The molecule has 0 aromatic heterocycles. The van der Waals surface area contributed by atoms with Gasteiger partial charge in [0.05, 0.1) is 19.3 Å². The molecule has 2 unspecified atom stereocenters. The summed E-state index contributed by atoms with van der Waals surface area (Å²) in [5.41, 5.74) is 9.54. The van der Waals surface area contributed by atoms with Crippen LogP contribution in [0.25, 0.3) is 0 Å². The highest BCUT2D eigenvalue weighted by molar-refractivity contribution is 5.36. The predicted molar refractivity (Wildman–Crippen MR) is 78.8 cm³/mol. The lowest BCUT2D eigenvalue weighted by molar-refractivity contribution is -0.0224. The first-order valence-corrected chi connectivity index (χ1v) is 6.89. The molecule has 1 aliphatic rings. The first-order valence-electron chi connectivity index (χ1n) is 6.89. The van der Waals surface area contributed by atoms with Gasteiger partial charge in [0.15, 0.2) is 0 Å². The largest absolute Gasteiger partial charge is 0.497 e. The van der Waals surface area contributed by atoms with Gasteiger partial charge in [-0.2, -0.15) is 0 Å². The Balaban J connectivity index is 1.93. The summed E-state index contributed by atoms with van der Waals surface area (Å²) in [7, 11) is 1.68. The predicted octanol–water partition coefficient (Wildman–Crippen LogP) is 3.01. The third kappa shape index (κ3) is 2.42. The van der Waals surface area contributed by atoms with Crippen molar-refractivity contribution in [1.82, 2.24) is 0 Å². The zero-order chi connectivity index (χ0) is 13.9. The van der Waals surface area contributed by atoms with Crippen LogP contribution in [-0.2, 0) is 11.2 Å². The van der Waals surface area contributed by atoms with Crippen LogP contribution in [0, 0.1) is 0 Å². The number of nitrogens with two attached hydrogens (primary N) is 1. The average molecular weight is 269 g/mol. The van der Waals surface area contributed by atoms with Crippen molar-refractivity contribution in [2.75, 3.05) is 13.7 Å². The van der Waals surface area contributed by atoms with Crippen LogP contribution >= 0.6 is 0 Å². The van der Waals surface area contributed by atoms with E-state index >= 15 is 0 Å². The Morgan fingerprint density at radius 2 is 2.05 bits per heavy atom. The minimum absolute atomic E-state index is 0.0313. The van der Waals surface area contributed by atoms with Crippen molar-refractivity contribution in [2.45, 2.75) is 18.6 Å². The van der Waals surface area contributed by atoms with E-state index in [1.54, 1.807) is 7.11 Å². The van der Waals surface area contributed by atoms with E-state index in [2.05, 4.69) is 24.3 Å². The lowest BCUT2D eigenvalue weighted by Gasteiger charge is -2.32. The molecule has 1 aliphatic heterocycles. The first kappa shape index (κ1) is 13.2. The van der Waals surface area contributed by atoms with Crippen molar-refractivity contribution in [1.29, 1.82) is 0 Å². The Morgan fingerprint density at radius 3 is 2.85 bits per heavy atom. The summed E-state index contributed by atoms with van der Waals surface area (Å²) >= 11 is 0. The molecule has 0 saturated heterocycles. The van der Waals surface area contributed by atoms with E-state index in [0.29, 0.717) is 6.54 Å².